The number of hydrogen-bond donors (Lipinski definition) is 3. The van der Waals surface area contributed by atoms with Crippen molar-refractivity contribution in [1.82, 2.24) is 10.6 Å². The van der Waals surface area contributed by atoms with Crippen LogP contribution in [0.15, 0.2) is 48.5 Å². The Labute approximate surface area is 199 Å². The zero-order chi connectivity index (χ0) is 24.1. The van der Waals surface area contributed by atoms with Crippen LogP contribution in [0.1, 0.15) is 49.7 Å². The summed E-state index contributed by atoms with van der Waals surface area (Å²) in [6, 6.07) is 16.4. The molecule has 1 saturated carbocycles. The number of amides is 2. The van der Waals surface area contributed by atoms with Gasteiger partial charge in [0.2, 0.25) is 5.91 Å². The summed E-state index contributed by atoms with van der Waals surface area (Å²) in [5.41, 5.74) is 4.68. The number of carboxylic acid groups (broad SMARTS) is 1. The highest BCUT2D eigenvalue weighted by Crippen LogP contribution is 2.44. The fourth-order valence-corrected chi connectivity index (χ4v) is 5.18. The van der Waals surface area contributed by atoms with E-state index in [1.165, 1.54) is 11.1 Å². The number of rotatable bonds is 9. The first-order chi connectivity index (χ1) is 16.5. The van der Waals surface area contributed by atoms with Crippen LogP contribution < -0.4 is 10.6 Å². The van der Waals surface area contributed by atoms with Gasteiger partial charge in [-0.15, -0.1) is 0 Å². The van der Waals surface area contributed by atoms with Gasteiger partial charge >= 0.3 is 12.1 Å². The molecule has 0 aromatic heterocycles. The van der Waals surface area contributed by atoms with Crippen LogP contribution in [0.25, 0.3) is 11.1 Å². The highest BCUT2D eigenvalue weighted by Gasteiger charge is 2.33. The summed E-state index contributed by atoms with van der Waals surface area (Å²) in [6.45, 7) is 2.77. The van der Waals surface area contributed by atoms with E-state index in [2.05, 4.69) is 34.9 Å². The molecule has 0 spiro atoms. The van der Waals surface area contributed by atoms with Crippen molar-refractivity contribution in [2.24, 2.45) is 17.8 Å². The molecule has 2 aromatic rings. The van der Waals surface area contributed by atoms with Crippen LogP contribution in [0.3, 0.4) is 0 Å². The molecule has 2 aromatic carbocycles. The van der Waals surface area contributed by atoms with Crippen molar-refractivity contribution in [2.75, 3.05) is 19.7 Å². The first kappa shape index (κ1) is 23.8. The Balaban J connectivity index is 1.19. The molecule has 0 bridgehead atoms. The molecule has 3 N–H and O–H groups in total. The SMILES string of the molecule is CC(CCNC(=O)OCC1c2ccccc2-c2ccccc21)C(=O)NC[C@H]1CCC[C@H]1C(=O)O. The van der Waals surface area contributed by atoms with Gasteiger partial charge in [0.05, 0.1) is 5.92 Å². The van der Waals surface area contributed by atoms with Crippen LogP contribution in [-0.4, -0.2) is 42.8 Å². The van der Waals surface area contributed by atoms with E-state index < -0.39 is 12.1 Å². The Bertz CT molecular complexity index is 1010. The predicted octanol–water partition coefficient (Wildman–Crippen LogP) is 4.17. The minimum atomic E-state index is -0.780. The van der Waals surface area contributed by atoms with E-state index >= 15 is 0 Å². The maximum Gasteiger partial charge on any atom is 0.407 e. The topological polar surface area (TPSA) is 105 Å². The number of nitrogens with one attached hydrogen (secondary N) is 2. The van der Waals surface area contributed by atoms with E-state index in [9.17, 15) is 19.5 Å². The molecule has 7 heteroatoms. The standard InChI is InChI=1S/C27H32N2O5/c1-17(25(30)29-15-18-7-6-12-19(18)26(31)32)13-14-28-27(33)34-16-24-22-10-4-2-8-20(22)21-9-3-5-11-23(21)24/h2-5,8-11,17-19,24H,6-7,12-16H2,1H3,(H,28,33)(H,29,30)(H,31,32)/t17?,18-,19-/m1/s1. The maximum atomic E-state index is 12.4. The molecule has 2 amide bonds. The molecular weight excluding hydrogens is 432 g/mol. The number of carbonyl (C=O) groups excluding carboxylic acids is 2. The lowest BCUT2D eigenvalue weighted by Crippen LogP contribution is -2.37. The van der Waals surface area contributed by atoms with Gasteiger partial charge in [0.25, 0.3) is 0 Å². The van der Waals surface area contributed by atoms with E-state index in [0.29, 0.717) is 25.9 Å². The number of alkyl carbamates (subject to hydrolysis) is 1. The molecule has 1 fully saturated rings. The number of aliphatic carboxylic acids is 1. The summed E-state index contributed by atoms with van der Waals surface area (Å²) in [4.78, 5) is 36.0. The predicted molar refractivity (Wildman–Crippen MR) is 128 cm³/mol. The van der Waals surface area contributed by atoms with E-state index in [1.807, 2.05) is 24.3 Å². The van der Waals surface area contributed by atoms with Crippen molar-refractivity contribution in [3.05, 3.63) is 59.7 Å². The van der Waals surface area contributed by atoms with Crippen LogP contribution in [0.5, 0.6) is 0 Å². The summed E-state index contributed by atoms with van der Waals surface area (Å²) in [6.07, 6.45) is 2.37. The molecule has 4 rings (SSSR count). The Hall–Kier alpha value is -3.35. The van der Waals surface area contributed by atoms with Crippen molar-refractivity contribution < 1.29 is 24.2 Å². The van der Waals surface area contributed by atoms with Gasteiger partial charge in [0.15, 0.2) is 0 Å². The lowest BCUT2D eigenvalue weighted by Gasteiger charge is -2.18. The smallest absolute Gasteiger partial charge is 0.407 e. The van der Waals surface area contributed by atoms with Crippen molar-refractivity contribution in [3.8, 4) is 11.1 Å². The summed E-state index contributed by atoms with van der Waals surface area (Å²) in [5.74, 6) is -1.56. The van der Waals surface area contributed by atoms with Gasteiger partial charge in [-0.1, -0.05) is 61.9 Å². The lowest BCUT2D eigenvalue weighted by molar-refractivity contribution is -0.143. The Morgan fingerprint density at radius 1 is 1.00 bits per heavy atom. The minimum Gasteiger partial charge on any atom is -0.481 e. The quantitative estimate of drug-likeness (QED) is 0.517. The highest BCUT2D eigenvalue weighted by molar-refractivity contribution is 5.79. The summed E-state index contributed by atoms with van der Waals surface area (Å²) in [5, 5.41) is 14.9. The average Bonchev–Trinajstić information content (AvgIpc) is 3.44. The average molecular weight is 465 g/mol. The Morgan fingerprint density at radius 3 is 2.29 bits per heavy atom. The third-order valence-electron chi connectivity index (χ3n) is 7.15. The van der Waals surface area contributed by atoms with Crippen molar-refractivity contribution in [2.45, 2.75) is 38.5 Å². The number of ether oxygens (including phenoxy) is 1. The largest absolute Gasteiger partial charge is 0.481 e. The molecule has 7 nitrogen and oxygen atoms in total. The summed E-state index contributed by atoms with van der Waals surface area (Å²) >= 11 is 0. The van der Waals surface area contributed by atoms with Crippen LogP contribution in [0, 0.1) is 17.8 Å². The zero-order valence-electron chi connectivity index (χ0n) is 19.5. The summed E-state index contributed by atoms with van der Waals surface area (Å²) < 4.78 is 5.52. The molecule has 0 aliphatic heterocycles. The van der Waals surface area contributed by atoms with E-state index in [1.54, 1.807) is 6.92 Å². The number of hydrogen-bond acceptors (Lipinski definition) is 4. The van der Waals surface area contributed by atoms with E-state index in [4.69, 9.17) is 4.74 Å². The molecule has 3 atom stereocenters. The first-order valence-corrected chi connectivity index (χ1v) is 12.0. The molecule has 180 valence electrons. The van der Waals surface area contributed by atoms with Crippen molar-refractivity contribution in [1.29, 1.82) is 0 Å². The number of carboxylic acids is 1. The van der Waals surface area contributed by atoms with Gasteiger partial charge in [-0.05, 0) is 47.4 Å². The fraction of sp³-hybridized carbons (Fsp3) is 0.444. The van der Waals surface area contributed by atoms with Gasteiger partial charge in [-0.3, -0.25) is 9.59 Å². The van der Waals surface area contributed by atoms with Gasteiger partial charge in [0.1, 0.15) is 6.61 Å². The van der Waals surface area contributed by atoms with Crippen LogP contribution in [0.4, 0.5) is 4.79 Å². The van der Waals surface area contributed by atoms with Crippen LogP contribution in [-0.2, 0) is 14.3 Å². The number of carbonyl (C=O) groups is 3. The molecule has 1 unspecified atom stereocenters. The molecule has 0 radical (unpaired) electrons. The van der Waals surface area contributed by atoms with Crippen molar-refractivity contribution in [3.63, 3.8) is 0 Å². The second kappa shape index (κ2) is 10.7. The third-order valence-corrected chi connectivity index (χ3v) is 7.15. The lowest BCUT2D eigenvalue weighted by atomic mass is 9.96. The zero-order valence-corrected chi connectivity index (χ0v) is 19.5. The minimum absolute atomic E-state index is 0.00685. The molecule has 2 aliphatic carbocycles. The van der Waals surface area contributed by atoms with Crippen LogP contribution in [0.2, 0.25) is 0 Å². The molecule has 34 heavy (non-hydrogen) atoms. The van der Waals surface area contributed by atoms with Gasteiger partial charge in [-0.25, -0.2) is 4.79 Å². The van der Waals surface area contributed by atoms with Crippen molar-refractivity contribution >= 4 is 18.0 Å². The second-order valence-corrected chi connectivity index (χ2v) is 9.32. The Morgan fingerprint density at radius 2 is 1.65 bits per heavy atom. The first-order valence-electron chi connectivity index (χ1n) is 12.0. The van der Waals surface area contributed by atoms with Gasteiger partial charge in [-0.2, -0.15) is 0 Å². The number of benzene rings is 2. The molecule has 0 heterocycles. The van der Waals surface area contributed by atoms with Crippen LogP contribution >= 0.6 is 0 Å². The van der Waals surface area contributed by atoms with Gasteiger partial charge < -0.3 is 20.5 Å². The van der Waals surface area contributed by atoms with E-state index in [-0.39, 0.29) is 36.2 Å². The second-order valence-electron chi connectivity index (χ2n) is 9.32. The fourth-order valence-electron chi connectivity index (χ4n) is 5.18. The Kier molecular flexibility index (Phi) is 7.50. The monoisotopic (exact) mass is 464 g/mol. The third kappa shape index (κ3) is 5.24. The molecular formula is C27H32N2O5. The normalized spacial score (nSPS) is 19.7. The maximum absolute atomic E-state index is 12.4. The number of fused-ring (bicyclic) bond motifs is 3. The van der Waals surface area contributed by atoms with E-state index in [0.717, 1.165) is 24.0 Å². The molecule has 0 saturated heterocycles. The summed E-state index contributed by atoms with van der Waals surface area (Å²) in [7, 11) is 0. The highest BCUT2D eigenvalue weighted by atomic mass is 16.5. The van der Waals surface area contributed by atoms with Gasteiger partial charge in [0, 0.05) is 24.9 Å². The molecule has 2 aliphatic rings.